The van der Waals surface area contributed by atoms with Crippen LogP contribution in [0.5, 0.6) is 0 Å². The number of hydrogen-bond donors (Lipinski definition) is 3. The van der Waals surface area contributed by atoms with E-state index in [1.807, 2.05) is 6.07 Å². The smallest absolute Gasteiger partial charge is 0.145 e. The first-order valence-corrected chi connectivity index (χ1v) is 7.20. The molecule has 1 aliphatic heterocycles. The molecule has 0 amide bonds. The molecule has 1 aromatic heterocycles. The lowest BCUT2D eigenvalue weighted by Crippen LogP contribution is -2.33. The molecule has 1 saturated heterocycles. The van der Waals surface area contributed by atoms with Gasteiger partial charge in [-0.3, -0.25) is 0 Å². The maximum atomic E-state index is 5.47. The average Bonchev–Trinajstić information content (AvgIpc) is 2.45. The van der Waals surface area contributed by atoms with Gasteiger partial charge >= 0.3 is 0 Å². The molecule has 20 heavy (non-hydrogen) atoms. The molecule has 2 rings (SSSR count). The Morgan fingerprint density at radius 1 is 1.30 bits per heavy atom. The zero-order valence-electron chi connectivity index (χ0n) is 12.6. The zero-order valence-corrected chi connectivity index (χ0v) is 12.6. The van der Waals surface area contributed by atoms with Crippen LogP contribution in [0.15, 0.2) is 6.07 Å². The van der Waals surface area contributed by atoms with Crippen LogP contribution in [-0.2, 0) is 4.74 Å². The van der Waals surface area contributed by atoms with Gasteiger partial charge in [0.15, 0.2) is 0 Å². The Morgan fingerprint density at radius 3 is 2.55 bits per heavy atom. The van der Waals surface area contributed by atoms with Crippen molar-refractivity contribution in [2.75, 3.05) is 30.5 Å². The summed E-state index contributed by atoms with van der Waals surface area (Å²) in [6, 6.07) is 1.84. The summed E-state index contributed by atoms with van der Waals surface area (Å²) in [4.78, 5) is 8.90. The van der Waals surface area contributed by atoms with Gasteiger partial charge in [-0.05, 0) is 18.3 Å². The van der Waals surface area contributed by atoms with E-state index in [1.54, 1.807) is 0 Å². The standard InChI is InChI=1S/C14H25N5O/c1-10(2)13-17-11(8-12(18-13)19-15)16-9-14(3)4-6-20-7-5-14/h8,10H,4-7,9,15H2,1-3H3,(H2,16,17,18,19). The highest BCUT2D eigenvalue weighted by atomic mass is 16.5. The minimum atomic E-state index is 0.261. The van der Waals surface area contributed by atoms with Crippen molar-refractivity contribution in [3.05, 3.63) is 11.9 Å². The summed E-state index contributed by atoms with van der Waals surface area (Å²) in [6.45, 7) is 8.99. The SMILES string of the molecule is CC(C)c1nc(NN)cc(NCC2(C)CCOCC2)n1. The maximum Gasteiger partial charge on any atom is 0.145 e. The van der Waals surface area contributed by atoms with Crippen LogP contribution in [0, 0.1) is 5.41 Å². The monoisotopic (exact) mass is 279 g/mol. The summed E-state index contributed by atoms with van der Waals surface area (Å²) in [5.74, 6) is 7.99. The molecule has 6 heteroatoms. The number of nitrogens with zero attached hydrogens (tertiary/aromatic N) is 2. The fourth-order valence-corrected chi connectivity index (χ4v) is 2.23. The molecule has 1 aliphatic rings. The van der Waals surface area contributed by atoms with E-state index in [-0.39, 0.29) is 11.3 Å². The number of nitrogens with one attached hydrogen (secondary N) is 2. The Morgan fingerprint density at radius 2 is 1.95 bits per heavy atom. The Kier molecular flexibility index (Phi) is 4.77. The van der Waals surface area contributed by atoms with Gasteiger partial charge in [-0.25, -0.2) is 15.8 Å². The summed E-state index contributed by atoms with van der Waals surface area (Å²) in [5, 5.41) is 3.42. The van der Waals surface area contributed by atoms with Crippen molar-refractivity contribution in [3.63, 3.8) is 0 Å². The largest absolute Gasteiger partial charge is 0.381 e. The first-order chi connectivity index (χ1) is 9.52. The zero-order chi connectivity index (χ0) is 14.6. The van der Waals surface area contributed by atoms with Gasteiger partial charge in [-0.15, -0.1) is 0 Å². The molecular weight excluding hydrogens is 254 g/mol. The number of rotatable bonds is 5. The van der Waals surface area contributed by atoms with Gasteiger partial charge in [0.2, 0.25) is 0 Å². The normalized spacial score (nSPS) is 18.1. The average molecular weight is 279 g/mol. The van der Waals surface area contributed by atoms with Crippen LogP contribution < -0.4 is 16.6 Å². The Balaban J connectivity index is 2.06. The first-order valence-electron chi connectivity index (χ1n) is 7.20. The summed E-state index contributed by atoms with van der Waals surface area (Å²) in [7, 11) is 0. The predicted molar refractivity (Wildman–Crippen MR) is 80.6 cm³/mol. The third kappa shape index (κ3) is 3.80. The highest BCUT2D eigenvalue weighted by molar-refractivity contribution is 5.47. The molecule has 1 aromatic rings. The second-order valence-electron chi connectivity index (χ2n) is 6.07. The third-order valence-electron chi connectivity index (χ3n) is 3.80. The molecule has 112 valence electrons. The van der Waals surface area contributed by atoms with Crippen LogP contribution in [0.2, 0.25) is 0 Å². The second kappa shape index (κ2) is 6.37. The van der Waals surface area contributed by atoms with Gasteiger partial charge in [0.1, 0.15) is 17.5 Å². The number of nitrogen functional groups attached to an aromatic ring is 1. The van der Waals surface area contributed by atoms with Crippen LogP contribution in [-0.4, -0.2) is 29.7 Å². The van der Waals surface area contributed by atoms with Crippen molar-refractivity contribution in [2.45, 2.75) is 39.5 Å². The molecule has 6 nitrogen and oxygen atoms in total. The van der Waals surface area contributed by atoms with E-state index < -0.39 is 0 Å². The number of aromatic nitrogens is 2. The van der Waals surface area contributed by atoms with Crippen molar-refractivity contribution >= 4 is 11.6 Å². The van der Waals surface area contributed by atoms with E-state index in [0.717, 1.165) is 44.2 Å². The van der Waals surface area contributed by atoms with Crippen molar-refractivity contribution in [1.29, 1.82) is 0 Å². The number of ether oxygens (including phenoxy) is 1. The third-order valence-corrected chi connectivity index (χ3v) is 3.80. The number of anilines is 2. The molecule has 0 aromatic carbocycles. The molecule has 0 spiro atoms. The second-order valence-corrected chi connectivity index (χ2v) is 6.07. The first kappa shape index (κ1) is 15.0. The van der Waals surface area contributed by atoms with Gasteiger partial charge in [-0.2, -0.15) is 0 Å². The van der Waals surface area contributed by atoms with Crippen LogP contribution in [0.3, 0.4) is 0 Å². The number of nitrogens with two attached hydrogens (primary N) is 1. The lowest BCUT2D eigenvalue weighted by atomic mass is 9.82. The summed E-state index contributed by atoms with van der Waals surface area (Å²) < 4.78 is 5.42. The summed E-state index contributed by atoms with van der Waals surface area (Å²) >= 11 is 0. The maximum absolute atomic E-state index is 5.47. The molecule has 0 bridgehead atoms. The van der Waals surface area contributed by atoms with Gasteiger partial charge in [0.05, 0.1) is 0 Å². The van der Waals surface area contributed by atoms with Gasteiger partial charge < -0.3 is 15.5 Å². The molecule has 0 unspecified atom stereocenters. The quantitative estimate of drug-likeness (QED) is 0.565. The van der Waals surface area contributed by atoms with Crippen LogP contribution in [0.25, 0.3) is 0 Å². The molecule has 0 radical (unpaired) electrons. The Bertz CT molecular complexity index is 443. The van der Waals surface area contributed by atoms with Crippen molar-refractivity contribution < 1.29 is 4.74 Å². The van der Waals surface area contributed by atoms with E-state index in [2.05, 4.69) is 41.5 Å². The van der Waals surface area contributed by atoms with Gasteiger partial charge in [0.25, 0.3) is 0 Å². The Labute approximate surface area is 120 Å². The van der Waals surface area contributed by atoms with Gasteiger partial charge in [-0.1, -0.05) is 20.8 Å². The van der Waals surface area contributed by atoms with Crippen molar-refractivity contribution in [2.24, 2.45) is 11.3 Å². The molecule has 0 aliphatic carbocycles. The molecule has 2 heterocycles. The highest BCUT2D eigenvalue weighted by Crippen LogP contribution is 2.30. The minimum absolute atomic E-state index is 0.261. The lowest BCUT2D eigenvalue weighted by Gasteiger charge is -2.33. The van der Waals surface area contributed by atoms with E-state index in [9.17, 15) is 0 Å². The van der Waals surface area contributed by atoms with Gasteiger partial charge in [0, 0.05) is 31.7 Å². The van der Waals surface area contributed by atoms with Crippen molar-refractivity contribution in [3.8, 4) is 0 Å². The van der Waals surface area contributed by atoms with Crippen LogP contribution in [0.1, 0.15) is 45.4 Å². The highest BCUT2D eigenvalue weighted by Gasteiger charge is 2.27. The molecular formula is C14H25N5O. The molecule has 1 fully saturated rings. The van der Waals surface area contributed by atoms with Crippen LogP contribution in [0.4, 0.5) is 11.6 Å². The van der Waals surface area contributed by atoms with Crippen LogP contribution >= 0.6 is 0 Å². The number of hydrogen-bond acceptors (Lipinski definition) is 6. The molecule has 0 saturated carbocycles. The fraction of sp³-hybridized carbons (Fsp3) is 0.714. The number of hydrazine groups is 1. The summed E-state index contributed by atoms with van der Waals surface area (Å²) in [6.07, 6.45) is 2.15. The van der Waals surface area contributed by atoms with Crippen molar-refractivity contribution in [1.82, 2.24) is 9.97 Å². The molecule has 4 N–H and O–H groups in total. The van der Waals surface area contributed by atoms with E-state index >= 15 is 0 Å². The minimum Gasteiger partial charge on any atom is -0.381 e. The van der Waals surface area contributed by atoms with E-state index in [4.69, 9.17) is 10.6 Å². The fourth-order valence-electron chi connectivity index (χ4n) is 2.23. The summed E-state index contributed by atoms with van der Waals surface area (Å²) in [5.41, 5.74) is 2.86. The Hall–Kier alpha value is -1.40. The topological polar surface area (TPSA) is 85.1 Å². The lowest BCUT2D eigenvalue weighted by molar-refractivity contribution is 0.0299. The predicted octanol–water partition coefficient (Wildman–Crippen LogP) is 2.11. The van der Waals surface area contributed by atoms with E-state index in [1.165, 1.54) is 0 Å². The molecule has 0 atom stereocenters. The van der Waals surface area contributed by atoms with E-state index in [0.29, 0.717) is 5.82 Å².